The third-order valence-electron chi connectivity index (χ3n) is 2.35. The second-order valence-electron chi connectivity index (χ2n) is 3.81. The highest BCUT2D eigenvalue weighted by Crippen LogP contribution is 2.25. The standard InChI is InChI=1S/C10H10ClFN4O3S/c11-7-3-6(13)4-8(10(7)12)20(17,18)15-2-1-9-14-5-19-16-9/h3-5,15H,1-2,13H2. The van der Waals surface area contributed by atoms with E-state index in [4.69, 9.17) is 17.3 Å². The van der Waals surface area contributed by atoms with Crippen molar-refractivity contribution < 1.29 is 17.3 Å². The number of benzene rings is 1. The largest absolute Gasteiger partial charge is 0.399 e. The molecule has 20 heavy (non-hydrogen) atoms. The average Bonchev–Trinajstić information content (AvgIpc) is 2.86. The normalized spacial score (nSPS) is 11.7. The van der Waals surface area contributed by atoms with Gasteiger partial charge in [0.1, 0.15) is 4.90 Å². The van der Waals surface area contributed by atoms with Crippen molar-refractivity contribution in [3.05, 3.63) is 35.2 Å². The molecule has 0 fully saturated rings. The van der Waals surface area contributed by atoms with Crippen LogP contribution in [-0.2, 0) is 16.4 Å². The van der Waals surface area contributed by atoms with Crippen LogP contribution < -0.4 is 10.5 Å². The number of hydrogen-bond acceptors (Lipinski definition) is 6. The maximum Gasteiger partial charge on any atom is 0.243 e. The van der Waals surface area contributed by atoms with Gasteiger partial charge in [0.15, 0.2) is 11.6 Å². The lowest BCUT2D eigenvalue weighted by Crippen LogP contribution is -2.27. The van der Waals surface area contributed by atoms with E-state index in [-0.39, 0.29) is 23.7 Å². The summed E-state index contributed by atoms with van der Waals surface area (Å²) in [5, 5.41) is 3.16. The van der Waals surface area contributed by atoms with Crippen LogP contribution in [-0.4, -0.2) is 25.1 Å². The monoisotopic (exact) mass is 320 g/mol. The summed E-state index contributed by atoms with van der Waals surface area (Å²) in [6.45, 7) is -0.0201. The Kier molecular flexibility index (Phi) is 4.21. The number of anilines is 1. The fourth-order valence-electron chi connectivity index (χ4n) is 1.46. The van der Waals surface area contributed by atoms with Crippen molar-refractivity contribution in [1.29, 1.82) is 0 Å². The summed E-state index contributed by atoms with van der Waals surface area (Å²) < 4.78 is 44.3. The average molecular weight is 321 g/mol. The number of nitrogen functional groups attached to an aromatic ring is 1. The summed E-state index contributed by atoms with van der Waals surface area (Å²) in [6, 6.07) is 2.13. The fourth-order valence-corrected chi connectivity index (χ4v) is 2.90. The number of hydrogen-bond donors (Lipinski definition) is 2. The topological polar surface area (TPSA) is 111 Å². The number of nitrogens with zero attached hydrogens (tertiary/aromatic N) is 2. The van der Waals surface area contributed by atoms with Gasteiger partial charge < -0.3 is 10.3 Å². The van der Waals surface area contributed by atoms with Crippen molar-refractivity contribution in [2.24, 2.45) is 0 Å². The van der Waals surface area contributed by atoms with E-state index in [1.54, 1.807) is 0 Å². The molecule has 0 amide bonds. The van der Waals surface area contributed by atoms with Crippen LogP contribution >= 0.6 is 11.6 Å². The molecule has 0 bridgehead atoms. The summed E-state index contributed by atoms with van der Waals surface area (Å²) in [5.41, 5.74) is 5.51. The zero-order valence-corrected chi connectivity index (χ0v) is 11.6. The van der Waals surface area contributed by atoms with Crippen molar-refractivity contribution in [2.45, 2.75) is 11.3 Å². The van der Waals surface area contributed by atoms with Crippen LogP contribution in [0.5, 0.6) is 0 Å². The zero-order chi connectivity index (χ0) is 14.8. The van der Waals surface area contributed by atoms with E-state index in [2.05, 4.69) is 19.4 Å². The first-order chi connectivity index (χ1) is 9.40. The highest BCUT2D eigenvalue weighted by atomic mass is 35.5. The molecule has 0 spiro atoms. The van der Waals surface area contributed by atoms with Crippen LogP contribution in [0.15, 0.2) is 27.9 Å². The van der Waals surface area contributed by atoms with Gasteiger partial charge in [-0.3, -0.25) is 0 Å². The van der Waals surface area contributed by atoms with Crippen LogP contribution in [0, 0.1) is 5.82 Å². The summed E-state index contributed by atoms with van der Waals surface area (Å²) >= 11 is 5.56. The highest BCUT2D eigenvalue weighted by molar-refractivity contribution is 7.89. The molecule has 0 atom stereocenters. The van der Waals surface area contributed by atoms with Crippen molar-refractivity contribution >= 4 is 27.3 Å². The van der Waals surface area contributed by atoms with Gasteiger partial charge in [0.2, 0.25) is 16.4 Å². The Bertz CT molecular complexity index is 706. The molecule has 0 aliphatic rings. The summed E-state index contributed by atoms with van der Waals surface area (Å²) in [7, 11) is -4.06. The van der Waals surface area contributed by atoms with Crippen LogP contribution in [0.2, 0.25) is 5.02 Å². The lowest BCUT2D eigenvalue weighted by atomic mass is 10.3. The molecule has 1 aromatic carbocycles. The van der Waals surface area contributed by atoms with Crippen molar-refractivity contribution in [3.8, 4) is 0 Å². The van der Waals surface area contributed by atoms with E-state index in [0.29, 0.717) is 5.82 Å². The van der Waals surface area contributed by atoms with E-state index >= 15 is 0 Å². The predicted molar refractivity (Wildman–Crippen MR) is 69.0 cm³/mol. The van der Waals surface area contributed by atoms with Gasteiger partial charge in [0.25, 0.3) is 0 Å². The van der Waals surface area contributed by atoms with E-state index in [9.17, 15) is 12.8 Å². The van der Waals surface area contributed by atoms with Gasteiger partial charge in [-0.2, -0.15) is 4.98 Å². The van der Waals surface area contributed by atoms with Gasteiger partial charge in [-0.05, 0) is 12.1 Å². The van der Waals surface area contributed by atoms with Crippen LogP contribution in [0.25, 0.3) is 0 Å². The molecule has 0 saturated carbocycles. The van der Waals surface area contributed by atoms with Gasteiger partial charge in [-0.25, -0.2) is 17.5 Å². The molecule has 7 nitrogen and oxygen atoms in total. The Balaban J connectivity index is 2.14. The van der Waals surface area contributed by atoms with E-state index in [1.807, 2.05) is 0 Å². The number of aromatic nitrogens is 2. The Morgan fingerprint density at radius 1 is 1.45 bits per heavy atom. The first kappa shape index (κ1) is 14.7. The molecule has 1 aromatic heterocycles. The predicted octanol–water partition coefficient (Wildman–Crippen LogP) is 0.965. The lowest BCUT2D eigenvalue weighted by Gasteiger charge is -2.08. The molecule has 0 saturated heterocycles. The zero-order valence-electron chi connectivity index (χ0n) is 10.0. The second-order valence-corrected chi connectivity index (χ2v) is 5.95. The summed E-state index contributed by atoms with van der Waals surface area (Å²) in [5.74, 6) is -0.716. The van der Waals surface area contributed by atoms with Crippen LogP contribution in [0.4, 0.5) is 10.1 Å². The molecule has 108 valence electrons. The Morgan fingerprint density at radius 3 is 2.85 bits per heavy atom. The van der Waals surface area contributed by atoms with Gasteiger partial charge in [-0.15, -0.1) is 0 Å². The van der Waals surface area contributed by atoms with Crippen molar-refractivity contribution in [1.82, 2.24) is 14.9 Å². The molecule has 1 heterocycles. The number of rotatable bonds is 5. The van der Waals surface area contributed by atoms with Crippen LogP contribution in [0.3, 0.4) is 0 Å². The highest BCUT2D eigenvalue weighted by Gasteiger charge is 2.21. The molecule has 0 radical (unpaired) electrons. The number of halogens is 2. The maximum absolute atomic E-state index is 13.7. The Labute approximate surface area is 119 Å². The molecule has 0 aliphatic carbocycles. The number of sulfonamides is 1. The second kappa shape index (κ2) is 5.73. The first-order valence-electron chi connectivity index (χ1n) is 5.39. The first-order valence-corrected chi connectivity index (χ1v) is 7.25. The lowest BCUT2D eigenvalue weighted by molar-refractivity contribution is 0.409. The van der Waals surface area contributed by atoms with Crippen LogP contribution in [0.1, 0.15) is 5.82 Å². The van der Waals surface area contributed by atoms with Gasteiger partial charge in [0.05, 0.1) is 5.02 Å². The maximum atomic E-state index is 13.7. The van der Waals surface area contributed by atoms with Crippen molar-refractivity contribution in [3.63, 3.8) is 0 Å². The molecule has 3 N–H and O–H groups in total. The Hall–Kier alpha value is -1.71. The van der Waals surface area contributed by atoms with E-state index < -0.39 is 20.7 Å². The van der Waals surface area contributed by atoms with Crippen molar-refractivity contribution in [2.75, 3.05) is 12.3 Å². The van der Waals surface area contributed by atoms with Gasteiger partial charge in [-0.1, -0.05) is 16.8 Å². The molecule has 10 heteroatoms. The Morgan fingerprint density at radius 2 is 2.20 bits per heavy atom. The minimum absolute atomic E-state index is 0.0201. The third-order valence-corrected chi connectivity index (χ3v) is 4.09. The molecule has 2 aromatic rings. The molecule has 2 rings (SSSR count). The quantitative estimate of drug-likeness (QED) is 0.794. The van der Waals surface area contributed by atoms with E-state index in [0.717, 1.165) is 18.5 Å². The number of nitrogens with one attached hydrogen (secondary N) is 1. The smallest absolute Gasteiger partial charge is 0.243 e. The fraction of sp³-hybridized carbons (Fsp3) is 0.200. The molecular formula is C10H10ClFN4O3S. The molecular weight excluding hydrogens is 311 g/mol. The summed E-state index contributed by atoms with van der Waals surface area (Å²) in [6.07, 6.45) is 1.33. The van der Waals surface area contributed by atoms with Gasteiger partial charge >= 0.3 is 0 Å². The molecule has 0 unspecified atom stereocenters. The third kappa shape index (κ3) is 3.24. The van der Waals surface area contributed by atoms with E-state index in [1.165, 1.54) is 0 Å². The molecule has 0 aliphatic heterocycles. The SMILES string of the molecule is Nc1cc(Cl)c(F)c(S(=O)(=O)NCCc2ncon2)c1. The van der Waals surface area contributed by atoms with Gasteiger partial charge in [0, 0.05) is 18.7 Å². The summed E-state index contributed by atoms with van der Waals surface area (Å²) in [4.78, 5) is 3.13. The minimum atomic E-state index is -4.06. The minimum Gasteiger partial charge on any atom is -0.399 e. The number of nitrogens with two attached hydrogens (primary N) is 1.